The second kappa shape index (κ2) is 5.81. The number of nitrogens with one attached hydrogen (secondary N) is 1. The molecule has 0 radical (unpaired) electrons. The molecule has 0 aliphatic heterocycles. The van der Waals surface area contributed by atoms with Crippen molar-refractivity contribution in [3.63, 3.8) is 0 Å². The summed E-state index contributed by atoms with van der Waals surface area (Å²) in [7, 11) is 0. The molecule has 1 aromatic carbocycles. The SMILES string of the molecule is O=C(Nc1cncc(Cl)n1)c1cc(Cl)ccc1I. The van der Waals surface area contributed by atoms with Gasteiger partial charge in [0.1, 0.15) is 5.15 Å². The van der Waals surface area contributed by atoms with E-state index in [4.69, 9.17) is 23.2 Å². The van der Waals surface area contributed by atoms with Crippen LogP contribution < -0.4 is 5.32 Å². The predicted octanol–water partition coefficient (Wildman–Crippen LogP) is 3.64. The van der Waals surface area contributed by atoms with Crippen LogP contribution >= 0.6 is 45.8 Å². The summed E-state index contributed by atoms with van der Waals surface area (Å²) in [5.74, 6) is -0.0123. The summed E-state index contributed by atoms with van der Waals surface area (Å²) in [6.45, 7) is 0. The minimum Gasteiger partial charge on any atom is -0.305 e. The number of hydrogen-bond donors (Lipinski definition) is 1. The molecule has 0 bridgehead atoms. The molecule has 0 unspecified atom stereocenters. The van der Waals surface area contributed by atoms with Crippen molar-refractivity contribution in [1.82, 2.24) is 9.97 Å². The van der Waals surface area contributed by atoms with Crippen LogP contribution in [0.15, 0.2) is 30.6 Å². The number of benzene rings is 1. The maximum atomic E-state index is 12.0. The van der Waals surface area contributed by atoms with Gasteiger partial charge in [-0.05, 0) is 40.8 Å². The van der Waals surface area contributed by atoms with Gasteiger partial charge in [-0.25, -0.2) is 4.98 Å². The Morgan fingerprint density at radius 3 is 2.78 bits per heavy atom. The third kappa shape index (κ3) is 3.30. The van der Waals surface area contributed by atoms with Gasteiger partial charge in [0.15, 0.2) is 5.82 Å². The van der Waals surface area contributed by atoms with Crippen LogP contribution in [0.25, 0.3) is 0 Å². The van der Waals surface area contributed by atoms with Crippen LogP contribution in [0.5, 0.6) is 0 Å². The Morgan fingerprint density at radius 1 is 1.28 bits per heavy atom. The molecule has 0 fully saturated rings. The van der Waals surface area contributed by atoms with Gasteiger partial charge in [0.25, 0.3) is 5.91 Å². The smallest absolute Gasteiger partial charge is 0.257 e. The van der Waals surface area contributed by atoms with Crippen molar-refractivity contribution in [1.29, 1.82) is 0 Å². The number of hydrogen-bond acceptors (Lipinski definition) is 3. The minimum atomic E-state index is -0.307. The van der Waals surface area contributed by atoms with Crippen molar-refractivity contribution < 1.29 is 4.79 Å². The van der Waals surface area contributed by atoms with E-state index in [1.165, 1.54) is 12.4 Å². The number of halogens is 3. The molecular formula is C11H6Cl2IN3O. The van der Waals surface area contributed by atoms with E-state index in [-0.39, 0.29) is 11.1 Å². The Balaban J connectivity index is 2.24. The largest absolute Gasteiger partial charge is 0.305 e. The third-order valence-electron chi connectivity index (χ3n) is 2.02. The van der Waals surface area contributed by atoms with E-state index in [1.54, 1.807) is 18.2 Å². The summed E-state index contributed by atoms with van der Waals surface area (Å²) in [6.07, 6.45) is 2.81. The number of carbonyl (C=O) groups is 1. The van der Waals surface area contributed by atoms with Crippen LogP contribution in [-0.4, -0.2) is 15.9 Å². The first-order valence-electron chi connectivity index (χ1n) is 4.80. The number of carbonyl (C=O) groups excluding carboxylic acids is 1. The van der Waals surface area contributed by atoms with Crippen LogP contribution in [0, 0.1) is 3.57 Å². The van der Waals surface area contributed by atoms with E-state index in [0.717, 1.165) is 3.57 Å². The Labute approximate surface area is 127 Å². The average Bonchev–Trinajstić information content (AvgIpc) is 2.32. The van der Waals surface area contributed by atoms with E-state index in [2.05, 4.69) is 37.9 Å². The van der Waals surface area contributed by atoms with Gasteiger partial charge < -0.3 is 5.32 Å². The highest BCUT2D eigenvalue weighted by Gasteiger charge is 2.11. The Bertz CT molecular complexity index is 607. The van der Waals surface area contributed by atoms with Crippen molar-refractivity contribution in [3.8, 4) is 0 Å². The van der Waals surface area contributed by atoms with Crippen LogP contribution in [0.2, 0.25) is 10.2 Å². The molecular weight excluding hydrogens is 388 g/mol. The lowest BCUT2D eigenvalue weighted by atomic mass is 10.2. The highest BCUT2D eigenvalue weighted by atomic mass is 127. The van der Waals surface area contributed by atoms with Gasteiger partial charge in [0, 0.05) is 8.59 Å². The predicted molar refractivity (Wildman–Crippen MR) is 79.2 cm³/mol. The normalized spacial score (nSPS) is 10.2. The topological polar surface area (TPSA) is 54.9 Å². The number of nitrogens with zero attached hydrogens (tertiary/aromatic N) is 2. The summed E-state index contributed by atoms with van der Waals surface area (Å²) in [5, 5.41) is 3.32. The Kier molecular flexibility index (Phi) is 4.36. The van der Waals surface area contributed by atoms with Gasteiger partial charge in [-0.1, -0.05) is 23.2 Å². The monoisotopic (exact) mass is 393 g/mol. The van der Waals surface area contributed by atoms with Crippen LogP contribution in [0.1, 0.15) is 10.4 Å². The Hall–Kier alpha value is -0.920. The number of amides is 1. The number of aromatic nitrogens is 2. The van der Waals surface area contributed by atoms with Crippen LogP contribution in [0.3, 0.4) is 0 Å². The van der Waals surface area contributed by atoms with E-state index in [0.29, 0.717) is 16.4 Å². The molecule has 4 nitrogen and oxygen atoms in total. The fraction of sp³-hybridized carbons (Fsp3) is 0. The lowest BCUT2D eigenvalue weighted by Gasteiger charge is -2.06. The Morgan fingerprint density at radius 2 is 2.06 bits per heavy atom. The van der Waals surface area contributed by atoms with Crippen molar-refractivity contribution in [2.45, 2.75) is 0 Å². The summed E-state index contributed by atoms with van der Waals surface area (Å²) >= 11 is 13.6. The molecule has 0 aliphatic carbocycles. The second-order valence-electron chi connectivity index (χ2n) is 3.31. The summed E-state index contributed by atoms with van der Waals surface area (Å²) in [4.78, 5) is 19.8. The number of rotatable bonds is 2. The fourth-order valence-corrected chi connectivity index (χ4v) is 2.16. The third-order valence-corrected chi connectivity index (χ3v) is 3.38. The molecule has 2 aromatic rings. The first kappa shape index (κ1) is 13.5. The van der Waals surface area contributed by atoms with Gasteiger partial charge in [-0.3, -0.25) is 9.78 Å². The highest BCUT2D eigenvalue weighted by molar-refractivity contribution is 14.1. The highest BCUT2D eigenvalue weighted by Crippen LogP contribution is 2.19. The van der Waals surface area contributed by atoms with E-state index in [1.807, 2.05) is 0 Å². The van der Waals surface area contributed by atoms with E-state index in [9.17, 15) is 4.79 Å². The summed E-state index contributed by atoms with van der Waals surface area (Å²) < 4.78 is 0.796. The van der Waals surface area contributed by atoms with Gasteiger partial charge in [0.05, 0.1) is 18.0 Å². The zero-order chi connectivity index (χ0) is 13.1. The van der Waals surface area contributed by atoms with E-state index >= 15 is 0 Å². The van der Waals surface area contributed by atoms with Gasteiger partial charge in [-0.15, -0.1) is 0 Å². The zero-order valence-corrected chi connectivity index (χ0v) is 12.5. The molecule has 2 rings (SSSR count). The molecule has 0 atom stereocenters. The second-order valence-corrected chi connectivity index (χ2v) is 5.29. The molecule has 1 aromatic heterocycles. The average molecular weight is 394 g/mol. The maximum Gasteiger partial charge on any atom is 0.257 e. The van der Waals surface area contributed by atoms with Gasteiger partial charge >= 0.3 is 0 Å². The molecule has 92 valence electrons. The van der Waals surface area contributed by atoms with Gasteiger partial charge in [-0.2, -0.15) is 0 Å². The summed E-state index contributed by atoms with van der Waals surface area (Å²) in [5.41, 5.74) is 0.477. The molecule has 1 amide bonds. The standard InChI is InChI=1S/C11H6Cl2IN3O/c12-6-1-2-8(14)7(3-6)11(18)17-10-5-15-4-9(13)16-10/h1-5H,(H,16,17,18). The number of anilines is 1. The van der Waals surface area contributed by atoms with E-state index < -0.39 is 0 Å². The molecule has 0 spiro atoms. The summed E-state index contributed by atoms with van der Waals surface area (Å²) in [6, 6.07) is 5.08. The molecule has 0 aliphatic rings. The molecule has 18 heavy (non-hydrogen) atoms. The van der Waals surface area contributed by atoms with Crippen molar-refractivity contribution in [2.75, 3.05) is 5.32 Å². The zero-order valence-electron chi connectivity index (χ0n) is 8.82. The molecule has 0 saturated heterocycles. The lowest BCUT2D eigenvalue weighted by Crippen LogP contribution is -2.14. The first-order valence-corrected chi connectivity index (χ1v) is 6.63. The molecule has 7 heteroatoms. The lowest BCUT2D eigenvalue weighted by molar-refractivity contribution is 0.102. The van der Waals surface area contributed by atoms with Crippen molar-refractivity contribution in [3.05, 3.63) is 49.9 Å². The molecule has 1 N–H and O–H groups in total. The van der Waals surface area contributed by atoms with Gasteiger partial charge in [0.2, 0.25) is 0 Å². The van der Waals surface area contributed by atoms with Crippen LogP contribution in [-0.2, 0) is 0 Å². The maximum absolute atomic E-state index is 12.0. The molecule has 0 saturated carbocycles. The fourth-order valence-electron chi connectivity index (χ4n) is 1.26. The minimum absolute atomic E-state index is 0.216. The quantitative estimate of drug-likeness (QED) is 0.792. The first-order chi connectivity index (χ1) is 8.56. The molecule has 1 heterocycles. The van der Waals surface area contributed by atoms with Crippen molar-refractivity contribution in [2.24, 2.45) is 0 Å². The van der Waals surface area contributed by atoms with Crippen molar-refractivity contribution >= 4 is 57.5 Å². The van der Waals surface area contributed by atoms with Crippen LogP contribution in [0.4, 0.5) is 5.82 Å².